The van der Waals surface area contributed by atoms with Gasteiger partial charge in [0.15, 0.2) is 0 Å². The molecule has 0 bridgehead atoms. The predicted octanol–water partition coefficient (Wildman–Crippen LogP) is 3.52. The van der Waals surface area contributed by atoms with Gasteiger partial charge in [0, 0.05) is 6.61 Å². The van der Waals surface area contributed by atoms with Gasteiger partial charge in [-0.3, -0.25) is 4.79 Å². The lowest BCUT2D eigenvalue weighted by Crippen LogP contribution is -2.66. The molecule has 0 spiro atoms. The summed E-state index contributed by atoms with van der Waals surface area (Å²) in [5.74, 6) is -0.208. The van der Waals surface area contributed by atoms with Gasteiger partial charge in [-0.25, -0.2) is 0 Å². The highest BCUT2D eigenvalue weighted by atomic mass is 28.4. The molecule has 0 heterocycles. The topological polar surface area (TPSA) is 35.5 Å². The summed E-state index contributed by atoms with van der Waals surface area (Å²) in [5, 5.41) is 2.36. The fourth-order valence-corrected chi connectivity index (χ4v) is 7.85. The molecule has 0 atom stereocenters. The highest BCUT2D eigenvalue weighted by Crippen LogP contribution is 2.36. The zero-order valence-corrected chi connectivity index (χ0v) is 16.6. The Labute approximate surface area is 152 Å². The van der Waals surface area contributed by atoms with Crippen LogP contribution in [0.5, 0.6) is 0 Å². The largest absolute Gasteiger partial charge is 0.466 e. The summed E-state index contributed by atoms with van der Waals surface area (Å²) >= 11 is 0. The number of hydrogen-bond donors (Lipinski definition) is 0. The van der Waals surface area contributed by atoms with E-state index in [1.807, 2.05) is 19.1 Å². The van der Waals surface area contributed by atoms with Crippen molar-refractivity contribution in [1.82, 2.24) is 0 Å². The maximum absolute atomic E-state index is 11.8. The highest BCUT2D eigenvalue weighted by molar-refractivity contribution is 6.99. The Morgan fingerprint density at radius 1 is 0.920 bits per heavy atom. The van der Waals surface area contributed by atoms with Gasteiger partial charge in [-0.1, -0.05) is 81.4 Å². The standard InChI is InChI=1S/C21H28O3Si/c1-5-23-20(22)16-17-24-25(21(2,3)4,18-12-8-6-9-13-18)19-14-10-7-11-15-19/h6-15H,5,16-17H2,1-4H3. The van der Waals surface area contributed by atoms with E-state index >= 15 is 0 Å². The molecule has 0 aliphatic carbocycles. The average Bonchev–Trinajstić information content (AvgIpc) is 2.59. The minimum Gasteiger partial charge on any atom is -0.466 e. The molecule has 4 heteroatoms. The van der Waals surface area contributed by atoms with Gasteiger partial charge in [0.1, 0.15) is 0 Å². The Morgan fingerprint density at radius 2 is 1.40 bits per heavy atom. The quantitative estimate of drug-likeness (QED) is 0.562. The monoisotopic (exact) mass is 356 g/mol. The second-order valence-corrected chi connectivity index (χ2v) is 11.4. The van der Waals surface area contributed by atoms with Crippen molar-refractivity contribution in [2.45, 2.75) is 39.2 Å². The van der Waals surface area contributed by atoms with Crippen LogP contribution in [0.2, 0.25) is 5.04 Å². The first-order chi connectivity index (χ1) is 11.9. The van der Waals surface area contributed by atoms with Crippen molar-refractivity contribution >= 4 is 24.7 Å². The number of benzene rings is 2. The van der Waals surface area contributed by atoms with Crippen LogP contribution in [0.3, 0.4) is 0 Å². The Balaban J connectivity index is 2.44. The first-order valence-electron chi connectivity index (χ1n) is 8.82. The second-order valence-electron chi connectivity index (χ2n) is 7.07. The molecule has 0 radical (unpaired) electrons. The molecule has 0 N–H and O–H groups in total. The molecular weight excluding hydrogens is 328 g/mol. The third kappa shape index (κ3) is 4.38. The average molecular weight is 357 g/mol. The van der Waals surface area contributed by atoms with E-state index in [2.05, 4.69) is 69.3 Å². The van der Waals surface area contributed by atoms with Gasteiger partial charge in [0.25, 0.3) is 8.32 Å². The van der Waals surface area contributed by atoms with Gasteiger partial charge < -0.3 is 9.16 Å². The van der Waals surface area contributed by atoms with Crippen molar-refractivity contribution in [3.05, 3.63) is 60.7 Å². The Kier molecular flexibility index (Phi) is 6.56. The van der Waals surface area contributed by atoms with Gasteiger partial charge in [0.05, 0.1) is 13.0 Å². The molecule has 134 valence electrons. The van der Waals surface area contributed by atoms with Gasteiger partial charge >= 0.3 is 5.97 Å². The lowest BCUT2D eigenvalue weighted by Gasteiger charge is -2.43. The summed E-state index contributed by atoms with van der Waals surface area (Å²) in [5.41, 5.74) is 0. The molecule has 0 amide bonds. The lowest BCUT2D eigenvalue weighted by atomic mass is 10.2. The molecule has 2 aromatic carbocycles. The fraction of sp³-hybridized carbons (Fsp3) is 0.381. The third-order valence-corrected chi connectivity index (χ3v) is 9.39. The number of carbonyl (C=O) groups is 1. The first-order valence-corrected chi connectivity index (χ1v) is 10.7. The van der Waals surface area contributed by atoms with Crippen molar-refractivity contribution in [3.8, 4) is 0 Å². The zero-order valence-electron chi connectivity index (χ0n) is 15.6. The van der Waals surface area contributed by atoms with E-state index in [0.717, 1.165) is 0 Å². The van der Waals surface area contributed by atoms with Crippen LogP contribution < -0.4 is 10.4 Å². The van der Waals surface area contributed by atoms with E-state index in [0.29, 0.717) is 13.2 Å². The summed E-state index contributed by atoms with van der Waals surface area (Å²) in [6.45, 7) is 9.27. The van der Waals surface area contributed by atoms with Gasteiger partial charge in [0.2, 0.25) is 0 Å². The molecule has 0 aliphatic rings. The number of hydrogen-bond acceptors (Lipinski definition) is 3. The van der Waals surface area contributed by atoms with Crippen LogP contribution in [0.1, 0.15) is 34.1 Å². The Hall–Kier alpha value is -1.91. The Bertz CT molecular complexity index is 623. The van der Waals surface area contributed by atoms with E-state index in [-0.39, 0.29) is 17.4 Å². The molecule has 0 saturated carbocycles. The molecule has 3 nitrogen and oxygen atoms in total. The number of ether oxygens (including phenoxy) is 1. The zero-order chi connectivity index (χ0) is 18.3. The molecule has 2 aromatic rings. The lowest BCUT2D eigenvalue weighted by molar-refractivity contribution is -0.143. The summed E-state index contributed by atoms with van der Waals surface area (Å²) < 4.78 is 11.7. The smallest absolute Gasteiger partial charge is 0.308 e. The minimum absolute atomic E-state index is 0.0790. The molecule has 0 saturated heterocycles. The molecule has 25 heavy (non-hydrogen) atoms. The molecule has 0 aliphatic heterocycles. The second kappa shape index (κ2) is 8.45. The van der Waals surface area contributed by atoms with Gasteiger partial charge in [-0.15, -0.1) is 0 Å². The number of rotatable bonds is 7. The van der Waals surface area contributed by atoms with Crippen LogP contribution in [0.25, 0.3) is 0 Å². The van der Waals surface area contributed by atoms with E-state index in [9.17, 15) is 4.79 Å². The SMILES string of the molecule is CCOC(=O)CCO[Si](c1ccccc1)(c1ccccc1)C(C)(C)C. The fourth-order valence-electron chi connectivity index (χ4n) is 3.28. The highest BCUT2D eigenvalue weighted by Gasteiger charge is 2.50. The first kappa shape index (κ1) is 19.4. The summed E-state index contributed by atoms with van der Waals surface area (Å²) in [6.07, 6.45) is 0.276. The van der Waals surface area contributed by atoms with Crippen molar-refractivity contribution in [1.29, 1.82) is 0 Å². The summed E-state index contributed by atoms with van der Waals surface area (Å²) in [6, 6.07) is 20.9. The number of esters is 1. The van der Waals surface area contributed by atoms with Crippen molar-refractivity contribution in [3.63, 3.8) is 0 Å². The Morgan fingerprint density at radius 3 is 1.80 bits per heavy atom. The van der Waals surface area contributed by atoms with Crippen LogP contribution in [-0.4, -0.2) is 27.5 Å². The molecule has 2 rings (SSSR count). The maximum atomic E-state index is 11.8. The molecule has 0 unspecified atom stereocenters. The summed E-state index contributed by atoms with van der Waals surface area (Å²) in [4.78, 5) is 11.8. The van der Waals surface area contributed by atoms with E-state index in [1.54, 1.807) is 0 Å². The van der Waals surface area contributed by atoms with Gasteiger partial charge in [-0.05, 0) is 22.3 Å². The molecule has 0 aromatic heterocycles. The van der Waals surface area contributed by atoms with E-state index in [1.165, 1.54) is 10.4 Å². The predicted molar refractivity (Wildman–Crippen MR) is 105 cm³/mol. The molecular formula is C21H28O3Si. The minimum atomic E-state index is -2.55. The van der Waals surface area contributed by atoms with Crippen molar-refractivity contribution in [2.75, 3.05) is 13.2 Å². The normalized spacial score (nSPS) is 12.0. The van der Waals surface area contributed by atoms with Crippen LogP contribution in [0.15, 0.2) is 60.7 Å². The number of carbonyl (C=O) groups excluding carboxylic acids is 1. The van der Waals surface area contributed by atoms with Crippen molar-refractivity contribution < 1.29 is 14.0 Å². The van der Waals surface area contributed by atoms with Crippen molar-refractivity contribution in [2.24, 2.45) is 0 Å². The van der Waals surface area contributed by atoms with Crippen LogP contribution in [-0.2, 0) is 14.0 Å². The van der Waals surface area contributed by atoms with Crippen LogP contribution >= 0.6 is 0 Å². The molecule has 0 fully saturated rings. The maximum Gasteiger partial charge on any atom is 0.308 e. The summed E-state index contributed by atoms with van der Waals surface area (Å²) in [7, 11) is -2.55. The van der Waals surface area contributed by atoms with Gasteiger partial charge in [-0.2, -0.15) is 0 Å². The van der Waals surface area contributed by atoms with Crippen LogP contribution in [0.4, 0.5) is 0 Å². The third-order valence-electron chi connectivity index (χ3n) is 4.35. The van der Waals surface area contributed by atoms with E-state index < -0.39 is 8.32 Å². The van der Waals surface area contributed by atoms with E-state index in [4.69, 9.17) is 9.16 Å². The van der Waals surface area contributed by atoms with Crippen LogP contribution in [0, 0.1) is 0 Å².